The Labute approximate surface area is 121 Å². The number of benzene rings is 1. The average Bonchev–Trinajstić information content (AvgIpc) is 2.63. The van der Waals surface area contributed by atoms with Crippen molar-refractivity contribution in [2.24, 2.45) is 0 Å². The van der Waals surface area contributed by atoms with E-state index in [0.717, 1.165) is 19.7 Å². The summed E-state index contributed by atoms with van der Waals surface area (Å²) in [5.74, 6) is 0.909. The van der Waals surface area contributed by atoms with Gasteiger partial charge in [0.15, 0.2) is 3.77 Å². The monoisotopic (exact) mass is 411 g/mol. The van der Waals surface area contributed by atoms with Gasteiger partial charge >= 0.3 is 0 Å². The zero-order chi connectivity index (χ0) is 11.5. The molecule has 0 atom stereocenters. The lowest BCUT2D eigenvalue weighted by Crippen LogP contribution is -1.98. The molecule has 0 aliphatic heterocycles. The van der Waals surface area contributed by atoms with E-state index in [1.54, 1.807) is 0 Å². The van der Waals surface area contributed by atoms with Gasteiger partial charge in [0.05, 0.1) is 6.54 Å². The lowest BCUT2D eigenvalue weighted by atomic mass is 10.3. The Morgan fingerprint density at radius 1 is 1.31 bits per heavy atom. The van der Waals surface area contributed by atoms with Crippen molar-refractivity contribution in [2.45, 2.75) is 6.54 Å². The molecule has 84 valence electrons. The van der Waals surface area contributed by atoms with Gasteiger partial charge in [0, 0.05) is 15.2 Å². The normalized spacial score (nSPS) is 10.4. The number of hydrogen-bond donors (Lipinski definition) is 1. The summed E-state index contributed by atoms with van der Waals surface area (Å²) in [7, 11) is 0. The number of nitrogens with one attached hydrogen (secondary N) is 1. The predicted octanol–water partition coefficient (Wildman–Crippen LogP) is 4.91. The zero-order valence-corrected chi connectivity index (χ0v) is 12.6. The Morgan fingerprint density at radius 3 is 2.75 bits per heavy atom. The van der Waals surface area contributed by atoms with Crippen molar-refractivity contribution in [1.29, 1.82) is 0 Å². The summed E-state index contributed by atoms with van der Waals surface area (Å²) in [6.07, 6.45) is 0. The van der Waals surface area contributed by atoms with E-state index >= 15 is 0 Å². The fourth-order valence-electron chi connectivity index (χ4n) is 1.26. The second-order valence-electron chi connectivity index (χ2n) is 3.18. The van der Waals surface area contributed by atoms with E-state index in [4.69, 9.17) is 16.0 Å². The standard InChI is InChI=1S/C11H8BrClINO/c12-9-5-7(13)1-3-10(9)15-6-8-2-4-11(14)16-8/h1-5,15H,6H2. The summed E-state index contributed by atoms with van der Waals surface area (Å²) in [4.78, 5) is 0. The summed E-state index contributed by atoms with van der Waals surface area (Å²) in [6, 6.07) is 9.53. The third-order valence-corrected chi connectivity index (χ3v) is 3.48. The third-order valence-electron chi connectivity index (χ3n) is 2.01. The van der Waals surface area contributed by atoms with E-state index in [1.165, 1.54) is 0 Å². The minimum atomic E-state index is 0.656. The maximum absolute atomic E-state index is 5.86. The summed E-state index contributed by atoms with van der Waals surface area (Å²) in [6.45, 7) is 0.656. The molecule has 16 heavy (non-hydrogen) atoms. The molecule has 0 bridgehead atoms. The van der Waals surface area contributed by atoms with Crippen LogP contribution >= 0.6 is 50.1 Å². The minimum absolute atomic E-state index is 0.656. The van der Waals surface area contributed by atoms with Crippen molar-refractivity contribution < 1.29 is 4.42 Å². The minimum Gasteiger partial charge on any atom is -0.454 e. The summed E-state index contributed by atoms with van der Waals surface area (Å²) in [5.41, 5.74) is 0.996. The van der Waals surface area contributed by atoms with Crippen LogP contribution in [-0.2, 0) is 6.54 Å². The first kappa shape index (κ1) is 12.3. The first-order chi connectivity index (χ1) is 7.65. The number of anilines is 1. The quantitative estimate of drug-likeness (QED) is 0.725. The maximum Gasteiger partial charge on any atom is 0.164 e. The molecule has 1 heterocycles. The molecule has 0 aliphatic rings. The van der Waals surface area contributed by atoms with Crippen LogP contribution in [0.25, 0.3) is 0 Å². The first-order valence-corrected chi connectivity index (χ1v) is 6.83. The number of furan rings is 1. The maximum atomic E-state index is 5.86. The zero-order valence-electron chi connectivity index (χ0n) is 8.14. The summed E-state index contributed by atoms with van der Waals surface area (Å²) >= 11 is 11.5. The Balaban J connectivity index is 2.04. The van der Waals surface area contributed by atoms with Crippen LogP contribution < -0.4 is 5.32 Å². The van der Waals surface area contributed by atoms with E-state index in [9.17, 15) is 0 Å². The van der Waals surface area contributed by atoms with E-state index in [0.29, 0.717) is 11.6 Å². The number of halogens is 3. The highest BCUT2D eigenvalue weighted by atomic mass is 127. The van der Waals surface area contributed by atoms with Gasteiger partial charge in [-0.05, 0) is 68.9 Å². The van der Waals surface area contributed by atoms with E-state index in [-0.39, 0.29) is 0 Å². The molecular weight excluding hydrogens is 404 g/mol. The van der Waals surface area contributed by atoms with Gasteiger partial charge in [-0.3, -0.25) is 0 Å². The molecule has 1 aromatic heterocycles. The molecule has 2 aromatic rings. The lowest BCUT2D eigenvalue weighted by molar-refractivity contribution is 0.493. The van der Waals surface area contributed by atoms with Crippen molar-refractivity contribution in [2.75, 3.05) is 5.32 Å². The van der Waals surface area contributed by atoms with E-state index < -0.39 is 0 Å². The van der Waals surface area contributed by atoms with E-state index in [1.807, 2.05) is 30.3 Å². The molecule has 0 spiro atoms. The lowest BCUT2D eigenvalue weighted by Gasteiger charge is -2.06. The van der Waals surface area contributed by atoms with Gasteiger partial charge in [-0.2, -0.15) is 0 Å². The molecule has 0 saturated heterocycles. The Bertz CT molecular complexity index is 500. The van der Waals surface area contributed by atoms with E-state index in [2.05, 4.69) is 43.8 Å². The largest absolute Gasteiger partial charge is 0.454 e. The van der Waals surface area contributed by atoms with Crippen LogP contribution in [0.5, 0.6) is 0 Å². The Hall–Kier alpha value is -0.200. The van der Waals surface area contributed by atoms with Gasteiger partial charge < -0.3 is 9.73 Å². The molecule has 1 N–H and O–H groups in total. The van der Waals surface area contributed by atoms with Gasteiger partial charge in [0.2, 0.25) is 0 Å². The topological polar surface area (TPSA) is 25.2 Å². The molecule has 2 nitrogen and oxygen atoms in total. The smallest absolute Gasteiger partial charge is 0.164 e. The number of rotatable bonds is 3. The average molecular weight is 412 g/mol. The van der Waals surface area contributed by atoms with Crippen LogP contribution in [-0.4, -0.2) is 0 Å². The van der Waals surface area contributed by atoms with Crippen molar-refractivity contribution in [3.8, 4) is 0 Å². The molecule has 0 fully saturated rings. The fourth-order valence-corrected chi connectivity index (χ4v) is 2.55. The van der Waals surface area contributed by atoms with Crippen molar-refractivity contribution >= 4 is 55.8 Å². The first-order valence-electron chi connectivity index (χ1n) is 4.58. The molecule has 0 aliphatic carbocycles. The predicted molar refractivity (Wildman–Crippen MR) is 77.9 cm³/mol. The fraction of sp³-hybridized carbons (Fsp3) is 0.0909. The van der Waals surface area contributed by atoms with Crippen LogP contribution in [0, 0.1) is 3.77 Å². The SMILES string of the molecule is Clc1ccc(NCc2ccc(I)o2)c(Br)c1. The van der Waals surface area contributed by atoms with Crippen molar-refractivity contribution in [3.63, 3.8) is 0 Å². The molecular formula is C11H8BrClINO. The van der Waals surface area contributed by atoms with Crippen LogP contribution in [0.2, 0.25) is 5.02 Å². The van der Waals surface area contributed by atoms with Gasteiger partial charge in [-0.15, -0.1) is 0 Å². The molecule has 2 rings (SSSR count). The molecule has 0 unspecified atom stereocenters. The molecule has 0 radical (unpaired) electrons. The van der Waals surface area contributed by atoms with Crippen molar-refractivity contribution in [3.05, 3.63) is 49.4 Å². The third kappa shape index (κ3) is 3.15. The highest BCUT2D eigenvalue weighted by Gasteiger charge is 2.02. The molecule has 0 saturated carbocycles. The summed E-state index contributed by atoms with van der Waals surface area (Å²) < 4.78 is 7.29. The van der Waals surface area contributed by atoms with Crippen molar-refractivity contribution in [1.82, 2.24) is 0 Å². The van der Waals surface area contributed by atoms with Crippen LogP contribution in [0.15, 0.2) is 39.2 Å². The molecule has 1 aromatic carbocycles. The summed E-state index contributed by atoms with van der Waals surface area (Å²) in [5, 5.41) is 3.98. The van der Waals surface area contributed by atoms with Crippen LogP contribution in [0.3, 0.4) is 0 Å². The highest BCUT2D eigenvalue weighted by Crippen LogP contribution is 2.26. The number of hydrogen-bond acceptors (Lipinski definition) is 2. The highest BCUT2D eigenvalue weighted by molar-refractivity contribution is 14.1. The van der Waals surface area contributed by atoms with Gasteiger partial charge in [-0.25, -0.2) is 0 Å². The second-order valence-corrected chi connectivity index (χ2v) is 5.54. The molecule has 5 heteroatoms. The van der Waals surface area contributed by atoms with Gasteiger partial charge in [-0.1, -0.05) is 11.6 Å². The van der Waals surface area contributed by atoms with Crippen LogP contribution in [0.1, 0.15) is 5.76 Å². The van der Waals surface area contributed by atoms with Gasteiger partial charge in [0.1, 0.15) is 5.76 Å². The molecule has 0 amide bonds. The second kappa shape index (κ2) is 5.42. The Kier molecular flexibility index (Phi) is 4.16. The van der Waals surface area contributed by atoms with Crippen LogP contribution in [0.4, 0.5) is 5.69 Å². The van der Waals surface area contributed by atoms with Gasteiger partial charge in [0.25, 0.3) is 0 Å². The Morgan fingerprint density at radius 2 is 2.12 bits per heavy atom.